The highest BCUT2D eigenvalue weighted by Gasteiger charge is 2.12. The maximum atomic E-state index is 11.2. The molecule has 0 amide bonds. The van der Waals surface area contributed by atoms with Gasteiger partial charge >= 0.3 is 5.97 Å². The maximum Gasteiger partial charge on any atom is 0.310 e. The molecule has 0 heterocycles. The summed E-state index contributed by atoms with van der Waals surface area (Å²) >= 11 is 0. The second-order valence-corrected chi connectivity index (χ2v) is 3.92. The molecule has 0 rings (SSSR count). The molecular formula is C12H26IN3O3. The highest BCUT2D eigenvalue weighted by molar-refractivity contribution is 14.0. The van der Waals surface area contributed by atoms with Gasteiger partial charge in [-0.05, 0) is 13.3 Å². The van der Waals surface area contributed by atoms with E-state index in [0.29, 0.717) is 19.1 Å². The fraction of sp³-hybridized carbons (Fsp3) is 0.833. The van der Waals surface area contributed by atoms with Crippen molar-refractivity contribution in [1.29, 1.82) is 0 Å². The van der Waals surface area contributed by atoms with E-state index >= 15 is 0 Å². The highest BCUT2D eigenvalue weighted by Crippen LogP contribution is 1.97. The predicted octanol–water partition coefficient (Wildman–Crippen LogP) is 1.01. The van der Waals surface area contributed by atoms with Gasteiger partial charge in [-0.2, -0.15) is 0 Å². The molecule has 0 aromatic carbocycles. The minimum absolute atomic E-state index is 0. The van der Waals surface area contributed by atoms with Crippen LogP contribution in [0.2, 0.25) is 0 Å². The summed E-state index contributed by atoms with van der Waals surface area (Å²) < 4.78 is 9.62. The SMILES string of the molecule is CCNC(=NCC(C)C(=O)OC)NCCCOC.I. The van der Waals surface area contributed by atoms with E-state index in [1.807, 2.05) is 6.92 Å². The van der Waals surface area contributed by atoms with Crippen LogP contribution in [0.15, 0.2) is 4.99 Å². The Balaban J connectivity index is 0. The van der Waals surface area contributed by atoms with Crippen molar-refractivity contribution in [2.75, 3.05) is 40.5 Å². The third kappa shape index (κ3) is 11.0. The Morgan fingerprint density at radius 1 is 1.32 bits per heavy atom. The summed E-state index contributed by atoms with van der Waals surface area (Å²) in [5.41, 5.74) is 0. The van der Waals surface area contributed by atoms with E-state index < -0.39 is 0 Å². The summed E-state index contributed by atoms with van der Waals surface area (Å²) in [5, 5.41) is 6.29. The number of carbonyl (C=O) groups excluding carboxylic acids is 1. The van der Waals surface area contributed by atoms with Crippen LogP contribution in [0.4, 0.5) is 0 Å². The molecule has 0 saturated carbocycles. The number of nitrogens with one attached hydrogen (secondary N) is 2. The maximum absolute atomic E-state index is 11.2. The summed E-state index contributed by atoms with van der Waals surface area (Å²) in [7, 11) is 3.06. The molecule has 0 aromatic rings. The van der Waals surface area contributed by atoms with E-state index in [-0.39, 0.29) is 35.9 Å². The number of methoxy groups -OCH3 is 2. The number of hydrogen-bond donors (Lipinski definition) is 2. The first-order valence-electron chi connectivity index (χ1n) is 6.24. The van der Waals surface area contributed by atoms with Gasteiger partial charge < -0.3 is 20.1 Å². The van der Waals surface area contributed by atoms with Gasteiger partial charge in [0.05, 0.1) is 19.6 Å². The number of hydrogen-bond acceptors (Lipinski definition) is 4. The van der Waals surface area contributed by atoms with Crippen molar-refractivity contribution < 1.29 is 14.3 Å². The van der Waals surface area contributed by atoms with Gasteiger partial charge in [-0.3, -0.25) is 9.79 Å². The van der Waals surface area contributed by atoms with Gasteiger partial charge in [-0.25, -0.2) is 0 Å². The molecule has 7 heteroatoms. The zero-order valence-corrected chi connectivity index (χ0v) is 14.5. The van der Waals surface area contributed by atoms with Crippen molar-refractivity contribution >= 4 is 35.9 Å². The lowest BCUT2D eigenvalue weighted by Gasteiger charge is -2.12. The number of guanidine groups is 1. The topological polar surface area (TPSA) is 72.0 Å². The molecule has 0 fully saturated rings. The summed E-state index contributed by atoms with van der Waals surface area (Å²) in [5.74, 6) is 0.239. The Bertz CT molecular complexity index is 263. The fourth-order valence-corrected chi connectivity index (χ4v) is 1.27. The van der Waals surface area contributed by atoms with Gasteiger partial charge in [-0.1, -0.05) is 6.92 Å². The van der Waals surface area contributed by atoms with Crippen LogP contribution >= 0.6 is 24.0 Å². The van der Waals surface area contributed by atoms with Crippen LogP contribution in [0.5, 0.6) is 0 Å². The van der Waals surface area contributed by atoms with Crippen LogP contribution in [0.25, 0.3) is 0 Å². The van der Waals surface area contributed by atoms with E-state index in [9.17, 15) is 4.79 Å². The third-order valence-electron chi connectivity index (χ3n) is 2.29. The standard InChI is InChI=1S/C12H25N3O3.HI/c1-5-13-12(14-7-6-8-17-3)15-9-10(2)11(16)18-4;/h10H,5-9H2,1-4H3,(H2,13,14,15);1H. The van der Waals surface area contributed by atoms with Crippen LogP contribution in [-0.4, -0.2) is 52.4 Å². The molecule has 0 aromatic heterocycles. The van der Waals surface area contributed by atoms with Gasteiger partial charge in [-0.15, -0.1) is 24.0 Å². The van der Waals surface area contributed by atoms with Crippen LogP contribution < -0.4 is 10.6 Å². The molecular weight excluding hydrogens is 361 g/mol. The van der Waals surface area contributed by atoms with E-state index in [1.165, 1.54) is 7.11 Å². The van der Waals surface area contributed by atoms with Crippen molar-refractivity contribution in [2.45, 2.75) is 20.3 Å². The smallest absolute Gasteiger partial charge is 0.310 e. The number of carbonyl (C=O) groups is 1. The third-order valence-corrected chi connectivity index (χ3v) is 2.29. The summed E-state index contributed by atoms with van der Waals surface area (Å²) in [6, 6.07) is 0. The van der Waals surface area contributed by atoms with Crippen LogP contribution in [0.3, 0.4) is 0 Å². The molecule has 0 bridgehead atoms. The largest absolute Gasteiger partial charge is 0.469 e. The summed E-state index contributed by atoms with van der Waals surface area (Å²) in [4.78, 5) is 15.6. The Hall–Kier alpha value is -0.570. The number of esters is 1. The molecule has 1 unspecified atom stereocenters. The Morgan fingerprint density at radius 3 is 2.53 bits per heavy atom. The van der Waals surface area contributed by atoms with E-state index in [1.54, 1.807) is 14.0 Å². The molecule has 0 aliphatic carbocycles. The monoisotopic (exact) mass is 387 g/mol. The van der Waals surface area contributed by atoms with Crippen molar-refractivity contribution in [3.05, 3.63) is 0 Å². The van der Waals surface area contributed by atoms with E-state index in [0.717, 1.165) is 19.5 Å². The van der Waals surface area contributed by atoms with Gasteiger partial charge in [0.1, 0.15) is 0 Å². The van der Waals surface area contributed by atoms with Crippen molar-refractivity contribution in [3.63, 3.8) is 0 Å². The van der Waals surface area contributed by atoms with E-state index in [2.05, 4.69) is 20.4 Å². The van der Waals surface area contributed by atoms with Crippen molar-refractivity contribution in [1.82, 2.24) is 10.6 Å². The number of halogens is 1. The molecule has 0 saturated heterocycles. The molecule has 0 spiro atoms. The lowest BCUT2D eigenvalue weighted by Crippen LogP contribution is -2.38. The van der Waals surface area contributed by atoms with Gasteiger partial charge in [0, 0.05) is 26.8 Å². The zero-order chi connectivity index (χ0) is 13.8. The second-order valence-electron chi connectivity index (χ2n) is 3.92. The van der Waals surface area contributed by atoms with Gasteiger partial charge in [0.25, 0.3) is 0 Å². The molecule has 0 aliphatic rings. The predicted molar refractivity (Wildman–Crippen MR) is 87.1 cm³/mol. The quantitative estimate of drug-likeness (QED) is 0.214. The average molecular weight is 387 g/mol. The number of rotatable bonds is 8. The van der Waals surface area contributed by atoms with Gasteiger partial charge in [0.2, 0.25) is 0 Å². The average Bonchev–Trinajstić information content (AvgIpc) is 2.39. The number of ether oxygens (including phenoxy) is 2. The molecule has 19 heavy (non-hydrogen) atoms. The lowest BCUT2D eigenvalue weighted by molar-refractivity contribution is -0.144. The van der Waals surface area contributed by atoms with Crippen LogP contribution in [-0.2, 0) is 14.3 Å². The normalized spacial score (nSPS) is 12.3. The van der Waals surface area contributed by atoms with Crippen molar-refractivity contribution in [2.24, 2.45) is 10.9 Å². The minimum Gasteiger partial charge on any atom is -0.469 e. The molecule has 114 valence electrons. The first kappa shape index (κ1) is 20.7. The Kier molecular flexibility index (Phi) is 15.1. The first-order valence-corrected chi connectivity index (χ1v) is 6.24. The minimum atomic E-state index is -0.242. The lowest BCUT2D eigenvalue weighted by atomic mass is 10.2. The molecule has 0 aliphatic heterocycles. The van der Waals surface area contributed by atoms with Crippen LogP contribution in [0, 0.1) is 5.92 Å². The molecule has 0 radical (unpaired) electrons. The Labute approximate surface area is 132 Å². The molecule has 6 nitrogen and oxygen atoms in total. The highest BCUT2D eigenvalue weighted by atomic mass is 127. The fourth-order valence-electron chi connectivity index (χ4n) is 1.27. The second kappa shape index (κ2) is 13.9. The number of nitrogens with zero attached hydrogens (tertiary/aromatic N) is 1. The van der Waals surface area contributed by atoms with Gasteiger partial charge in [0.15, 0.2) is 5.96 Å². The van der Waals surface area contributed by atoms with E-state index in [4.69, 9.17) is 4.74 Å². The molecule has 1 atom stereocenters. The van der Waals surface area contributed by atoms with Crippen LogP contribution in [0.1, 0.15) is 20.3 Å². The number of aliphatic imine (C=N–C) groups is 1. The summed E-state index contributed by atoms with van der Waals surface area (Å²) in [6.07, 6.45) is 0.910. The molecule has 2 N–H and O–H groups in total. The van der Waals surface area contributed by atoms with Crippen molar-refractivity contribution in [3.8, 4) is 0 Å². The summed E-state index contributed by atoms with van der Waals surface area (Å²) in [6.45, 7) is 6.48. The zero-order valence-electron chi connectivity index (χ0n) is 12.2. The first-order chi connectivity index (χ1) is 8.65. The Morgan fingerprint density at radius 2 is 2.00 bits per heavy atom.